The summed E-state index contributed by atoms with van der Waals surface area (Å²) < 4.78 is 0. The highest BCUT2D eigenvalue weighted by atomic mass is 16.4. The van der Waals surface area contributed by atoms with Crippen molar-refractivity contribution in [2.75, 3.05) is 0 Å². The van der Waals surface area contributed by atoms with Crippen molar-refractivity contribution in [1.29, 1.82) is 0 Å². The Morgan fingerprint density at radius 2 is 0.475 bits per heavy atom. The lowest BCUT2D eigenvalue weighted by molar-refractivity contribution is 0.0686. The third kappa shape index (κ3) is 8.95. The first-order valence-electron chi connectivity index (χ1n) is 12.4. The molecule has 0 aliphatic rings. The van der Waals surface area contributed by atoms with Crippen molar-refractivity contribution in [3.8, 4) is 0 Å². The van der Waals surface area contributed by atoms with E-state index >= 15 is 0 Å². The molecule has 8 heteroatoms. The lowest BCUT2D eigenvalue weighted by Crippen LogP contribution is -1.98. The summed E-state index contributed by atoms with van der Waals surface area (Å²) in [5.74, 6) is -3.72. The van der Waals surface area contributed by atoms with E-state index in [1.54, 1.807) is 97.1 Å². The van der Waals surface area contributed by atoms with Gasteiger partial charge in [-0.1, -0.05) is 48.5 Å². The Hall–Kier alpha value is -5.24. The first-order chi connectivity index (χ1) is 19.1. The monoisotopic (exact) mass is 540 g/mol. The first kappa shape index (κ1) is 29.3. The molecule has 4 aromatic rings. The summed E-state index contributed by atoms with van der Waals surface area (Å²) in [5, 5.41) is 35.2. The van der Waals surface area contributed by atoms with Crippen molar-refractivity contribution in [3.05, 3.63) is 142 Å². The standard InChI is InChI=1S/2C16H14O4/c2*17-15(18)13-7-3-11(4-8-13)1-2-12-5-9-14(10-6-12)16(19)20/h2*3-10H,1-2H2,(H,17,18)(H,19,20). The van der Waals surface area contributed by atoms with Gasteiger partial charge in [-0.25, -0.2) is 19.2 Å². The topological polar surface area (TPSA) is 149 Å². The second-order valence-corrected chi connectivity index (χ2v) is 9.01. The van der Waals surface area contributed by atoms with Crippen molar-refractivity contribution >= 4 is 23.9 Å². The average Bonchev–Trinajstić information content (AvgIpc) is 2.96. The Bertz CT molecular complexity index is 1220. The molecule has 0 fully saturated rings. The normalized spacial score (nSPS) is 10.2. The highest BCUT2D eigenvalue weighted by Gasteiger charge is 2.05. The molecule has 0 saturated carbocycles. The number of hydrogen-bond donors (Lipinski definition) is 4. The van der Waals surface area contributed by atoms with Crippen LogP contribution in [0.5, 0.6) is 0 Å². The van der Waals surface area contributed by atoms with Crippen molar-refractivity contribution in [3.63, 3.8) is 0 Å². The SMILES string of the molecule is O=C(O)c1ccc(CCc2ccc(C(=O)O)cc2)cc1.O=C(O)c1ccc(CCc2ccc(C(=O)O)cc2)cc1. The van der Waals surface area contributed by atoms with E-state index in [2.05, 4.69) is 0 Å². The second-order valence-electron chi connectivity index (χ2n) is 9.01. The van der Waals surface area contributed by atoms with Gasteiger partial charge in [0.1, 0.15) is 0 Å². The minimum atomic E-state index is -0.930. The van der Waals surface area contributed by atoms with E-state index in [4.69, 9.17) is 20.4 Å². The zero-order chi connectivity index (χ0) is 29.1. The van der Waals surface area contributed by atoms with E-state index in [0.29, 0.717) is 0 Å². The molecule has 0 heterocycles. The fourth-order valence-corrected chi connectivity index (χ4v) is 3.83. The smallest absolute Gasteiger partial charge is 0.335 e. The number of rotatable bonds is 10. The molecule has 204 valence electrons. The molecular formula is C32H28O8. The van der Waals surface area contributed by atoms with Crippen LogP contribution in [0, 0.1) is 0 Å². The van der Waals surface area contributed by atoms with Crippen LogP contribution in [0.2, 0.25) is 0 Å². The maximum absolute atomic E-state index is 10.7. The van der Waals surface area contributed by atoms with Crippen LogP contribution in [0.15, 0.2) is 97.1 Å². The molecule has 0 spiro atoms. The number of carboxylic acids is 4. The zero-order valence-electron chi connectivity index (χ0n) is 21.5. The molecule has 0 atom stereocenters. The van der Waals surface area contributed by atoms with Gasteiger partial charge in [-0.15, -0.1) is 0 Å². The van der Waals surface area contributed by atoms with Gasteiger partial charge in [-0.3, -0.25) is 0 Å². The van der Waals surface area contributed by atoms with Crippen molar-refractivity contribution in [1.82, 2.24) is 0 Å². The molecule has 0 unspecified atom stereocenters. The van der Waals surface area contributed by atoms with Crippen molar-refractivity contribution in [2.45, 2.75) is 25.7 Å². The molecule has 0 bridgehead atoms. The number of carboxylic acid groups (broad SMARTS) is 4. The molecule has 0 amide bonds. The van der Waals surface area contributed by atoms with Crippen LogP contribution >= 0.6 is 0 Å². The third-order valence-electron chi connectivity index (χ3n) is 6.21. The lowest BCUT2D eigenvalue weighted by Gasteiger charge is -2.03. The molecule has 0 aliphatic heterocycles. The molecule has 40 heavy (non-hydrogen) atoms. The molecule has 4 aromatic carbocycles. The third-order valence-corrected chi connectivity index (χ3v) is 6.21. The van der Waals surface area contributed by atoms with Crippen molar-refractivity contribution < 1.29 is 39.6 Å². The molecular weight excluding hydrogens is 512 g/mol. The van der Waals surface area contributed by atoms with Crippen LogP contribution in [-0.4, -0.2) is 44.3 Å². The summed E-state index contributed by atoms with van der Waals surface area (Å²) in [4.78, 5) is 42.9. The Balaban J connectivity index is 0.000000220. The summed E-state index contributed by atoms with van der Waals surface area (Å²) in [5.41, 5.74) is 5.32. The Morgan fingerprint density at radius 1 is 0.325 bits per heavy atom. The van der Waals surface area contributed by atoms with E-state index in [0.717, 1.165) is 47.9 Å². The van der Waals surface area contributed by atoms with Crippen molar-refractivity contribution in [2.24, 2.45) is 0 Å². The summed E-state index contributed by atoms with van der Waals surface area (Å²) in [6, 6.07) is 27.1. The first-order valence-corrected chi connectivity index (χ1v) is 12.4. The predicted molar refractivity (Wildman–Crippen MR) is 148 cm³/mol. The van der Waals surface area contributed by atoms with E-state index in [1.165, 1.54) is 0 Å². The minimum absolute atomic E-state index is 0.277. The molecule has 0 radical (unpaired) electrons. The Morgan fingerprint density at radius 3 is 0.600 bits per heavy atom. The van der Waals surface area contributed by atoms with Gasteiger partial charge < -0.3 is 20.4 Å². The minimum Gasteiger partial charge on any atom is -0.478 e. The van der Waals surface area contributed by atoms with E-state index in [-0.39, 0.29) is 22.3 Å². The van der Waals surface area contributed by atoms with E-state index in [1.807, 2.05) is 0 Å². The quantitative estimate of drug-likeness (QED) is 0.199. The summed E-state index contributed by atoms with van der Waals surface area (Å²) in [7, 11) is 0. The predicted octanol–water partition coefficient (Wildman–Crippen LogP) is 5.74. The number of carbonyl (C=O) groups is 4. The van der Waals surface area contributed by atoms with Gasteiger partial charge in [0, 0.05) is 0 Å². The summed E-state index contributed by atoms with van der Waals surface area (Å²) in [6.07, 6.45) is 3.14. The molecule has 0 aromatic heterocycles. The van der Waals surface area contributed by atoms with Gasteiger partial charge in [0.05, 0.1) is 22.3 Å². The average molecular weight is 541 g/mol. The largest absolute Gasteiger partial charge is 0.478 e. The maximum atomic E-state index is 10.7. The van der Waals surface area contributed by atoms with Crippen LogP contribution in [0.4, 0.5) is 0 Å². The van der Waals surface area contributed by atoms with Crippen LogP contribution < -0.4 is 0 Å². The fraction of sp³-hybridized carbons (Fsp3) is 0.125. The van der Waals surface area contributed by atoms with Crippen LogP contribution in [0.1, 0.15) is 63.7 Å². The number of hydrogen-bond acceptors (Lipinski definition) is 4. The number of benzene rings is 4. The highest BCUT2D eigenvalue weighted by molar-refractivity contribution is 5.88. The molecule has 8 nitrogen and oxygen atoms in total. The van der Waals surface area contributed by atoms with Gasteiger partial charge in [0.15, 0.2) is 0 Å². The van der Waals surface area contributed by atoms with Crippen LogP contribution in [-0.2, 0) is 25.7 Å². The summed E-state index contributed by atoms with van der Waals surface area (Å²) in [6.45, 7) is 0. The van der Waals surface area contributed by atoms with E-state index in [9.17, 15) is 19.2 Å². The summed E-state index contributed by atoms with van der Waals surface area (Å²) >= 11 is 0. The molecule has 0 aliphatic carbocycles. The Kier molecular flexibility index (Phi) is 10.3. The zero-order valence-corrected chi connectivity index (χ0v) is 21.5. The molecule has 4 rings (SSSR count). The van der Waals surface area contributed by atoms with Gasteiger partial charge in [0.2, 0.25) is 0 Å². The Labute approximate surface area is 230 Å². The van der Waals surface area contributed by atoms with Gasteiger partial charge in [0.25, 0.3) is 0 Å². The fourth-order valence-electron chi connectivity index (χ4n) is 3.83. The lowest BCUT2D eigenvalue weighted by atomic mass is 10.0. The highest BCUT2D eigenvalue weighted by Crippen LogP contribution is 2.12. The molecule has 0 saturated heterocycles. The van der Waals surface area contributed by atoms with Crippen LogP contribution in [0.3, 0.4) is 0 Å². The number of aryl methyl sites for hydroxylation is 4. The van der Waals surface area contributed by atoms with Gasteiger partial charge in [-0.05, 0) is 96.5 Å². The van der Waals surface area contributed by atoms with E-state index < -0.39 is 23.9 Å². The van der Waals surface area contributed by atoms with Gasteiger partial charge >= 0.3 is 23.9 Å². The van der Waals surface area contributed by atoms with Gasteiger partial charge in [-0.2, -0.15) is 0 Å². The maximum Gasteiger partial charge on any atom is 0.335 e. The second kappa shape index (κ2) is 14.1. The number of aromatic carboxylic acids is 4. The van der Waals surface area contributed by atoms with Crippen LogP contribution in [0.25, 0.3) is 0 Å². The molecule has 4 N–H and O–H groups in total.